The summed E-state index contributed by atoms with van der Waals surface area (Å²) in [5.41, 5.74) is 1.43. The Morgan fingerprint density at radius 1 is 1.21 bits per heavy atom. The predicted molar refractivity (Wildman–Crippen MR) is 119 cm³/mol. The van der Waals surface area contributed by atoms with E-state index in [-0.39, 0.29) is 11.5 Å². The highest BCUT2D eigenvalue weighted by atomic mass is 35.5. The van der Waals surface area contributed by atoms with E-state index in [0.29, 0.717) is 37.4 Å². The average molecular weight is 445 g/mol. The van der Waals surface area contributed by atoms with Crippen LogP contribution in [-0.2, 0) is 13.0 Å². The first kappa shape index (κ1) is 18.7. The zero-order chi connectivity index (χ0) is 20.1. The van der Waals surface area contributed by atoms with E-state index in [4.69, 9.17) is 16.6 Å². The first-order valence-electron chi connectivity index (χ1n) is 9.41. The van der Waals surface area contributed by atoms with Gasteiger partial charge in [-0.3, -0.25) is 19.5 Å². The number of hydrogen-bond acceptors (Lipinski definition) is 6. The molecule has 0 fully saturated rings. The Balaban J connectivity index is 1.53. The Morgan fingerprint density at radius 2 is 2.07 bits per heavy atom. The minimum atomic E-state index is -0.268. The van der Waals surface area contributed by atoms with Gasteiger partial charge in [-0.2, -0.15) is 0 Å². The molecule has 0 saturated heterocycles. The van der Waals surface area contributed by atoms with Gasteiger partial charge in [-0.1, -0.05) is 29.4 Å². The molecule has 5 rings (SSSR count). The number of carbonyl (C=O) groups excluding carboxylic acids is 1. The summed E-state index contributed by atoms with van der Waals surface area (Å²) in [6, 6.07) is 5.42. The van der Waals surface area contributed by atoms with Crippen LogP contribution in [0.15, 0.2) is 23.0 Å². The summed E-state index contributed by atoms with van der Waals surface area (Å²) in [6.07, 6.45) is 3.93. The number of carbonyl (C=O) groups is 1. The minimum absolute atomic E-state index is 0.0330. The molecule has 0 aliphatic carbocycles. The Bertz CT molecular complexity index is 1340. The van der Waals surface area contributed by atoms with Gasteiger partial charge in [-0.05, 0) is 43.5 Å². The van der Waals surface area contributed by atoms with Crippen LogP contribution in [0.3, 0.4) is 0 Å². The molecule has 1 N–H and O–H groups in total. The first-order valence-corrected chi connectivity index (χ1v) is 11.4. The van der Waals surface area contributed by atoms with Gasteiger partial charge in [0.25, 0.3) is 11.5 Å². The minimum Gasteiger partial charge on any atom is -0.297 e. The fraction of sp³-hybridized carbons (Fsp3) is 0.300. The highest BCUT2D eigenvalue weighted by molar-refractivity contribution is 7.23. The number of rotatable bonds is 2. The number of aryl methyl sites for hydroxylation is 2. The number of benzene rings is 1. The molecule has 3 aromatic heterocycles. The smallest absolute Gasteiger partial charge is 0.267 e. The summed E-state index contributed by atoms with van der Waals surface area (Å²) >= 11 is 8.67. The van der Waals surface area contributed by atoms with Crippen molar-refractivity contribution in [2.75, 3.05) is 5.32 Å². The summed E-state index contributed by atoms with van der Waals surface area (Å²) in [6.45, 7) is 2.51. The lowest BCUT2D eigenvalue weighted by molar-refractivity contribution is 0.103. The van der Waals surface area contributed by atoms with Crippen molar-refractivity contribution in [3.05, 3.63) is 49.8 Å². The maximum Gasteiger partial charge on any atom is 0.267 e. The second-order valence-electron chi connectivity index (χ2n) is 7.12. The SMILES string of the molecule is Cc1c(C(=O)Nc2nc3ccc(Cl)cc3s2)sc2nc3n(c(=O)c12)CCCCC3. The van der Waals surface area contributed by atoms with E-state index in [9.17, 15) is 9.59 Å². The highest BCUT2D eigenvalue weighted by Gasteiger charge is 2.23. The van der Waals surface area contributed by atoms with Crippen LogP contribution in [0.2, 0.25) is 5.02 Å². The van der Waals surface area contributed by atoms with E-state index >= 15 is 0 Å². The summed E-state index contributed by atoms with van der Waals surface area (Å²) in [5, 5.41) is 4.56. The van der Waals surface area contributed by atoms with E-state index in [0.717, 1.165) is 41.7 Å². The summed E-state index contributed by atoms with van der Waals surface area (Å²) in [4.78, 5) is 36.3. The van der Waals surface area contributed by atoms with Crippen LogP contribution in [0.1, 0.15) is 40.3 Å². The predicted octanol–water partition coefficient (Wildman–Crippen LogP) is 5.01. The van der Waals surface area contributed by atoms with Gasteiger partial charge in [0.2, 0.25) is 0 Å². The highest BCUT2D eigenvalue weighted by Crippen LogP contribution is 2.31. The largest absolute Gasteiger partial charge is 0.297 e. The van der Waals surface area contributed by atoms with Gasteiger partial charge in [0.05, 0.1) is 20.5 Å². The number of nitrogens with one attached hydrogen (secondary N) is 1. The summed E-state index contributed by atoms with van der Waals surface area (Å²) < 4.78 is 2.69. The van der Waals surface area contributed by atoms with Crippen molar-refractivity contribution >= 4 is 65.7 Å². The Hall–Kier alpha value is -2.29. The molecule has 0 saturated carbocycles. The topological polar surface area (TPSA) is 76.9 Å². The second-order valence-corrected chi connectivity index (χ2v) is 9.58. The lowest BCUT2D eigenvalue weighted by atomic mass is 10.2. The number of thiazole rings is 1. The molecule has 4 heterocycles. The Morgan fingerprint density at radius 3 is 2.93 bits per heavy atom. The molecule has 1 amide bonds. The lowest BCUT2D eigenvalue weighted by Gasteiger charge is -2.08. The van der Waals surface area contributed by atoms with Crippen LogP contribution >= 0.6 is 34.3 Å². The number of nitrogens with zero attached hydrogens (tertiary/aromatic N) is 3. The van der Waals surface area contributed by atoms with E-state index in [1.807, 2.05) is 19.1 Å². The van der Waals surface area contributed by atoms with Crippen molar-refractivity contribution in [1.29, 1.82) is 0 Å². The van der Waals surface area contributed by atoms with E-state index in [1.54, 1.807) is 10.6 Å². The lowest BCUT2D eigenvalue weighted by Crippen LogP contribution is -2.24. The molecule has 0 bridgehead atoms. The van der Waals surface area contributed by atoms with Crippen molar-refractivity contribution < 1.29 is 4.79 Å². The number of fused-ring (bicyclic) bond motifs is 3. The van der Waals surface area contributed by atoms with Gasteiger partial charge in [0.1, 0.15) is 10.7 Å². The molecule has 4 aromatic rings. The molecule has 9 heteroatoms. The van der Waals surface area contributed by atoms with Crippen molar-refractivity contribution in [3.63, 3.8) is 0 Å². The molecule has 0 unspecified atom stereocenters. The van der Waals surface area contributed by atoms with E-state index in [2.05, 4.69) is 10.3 Å². The maximum absolute atomic E-state index is 13.1. The molecule has 29 heavy (non-hydrogen) atoms. The summed E-state index contributed by atoms with van der Waals surface area (Å²) in [5.74, 6) is 0.562. The van der Waals surface area contributed by atoms with Gasteiger partial charge >= 0.3 is 0 Å². The zero-order valence-corrected chi connectivity index (χ0v) is 18.0. The monoisotopic (exact) mass is 444 g/mol. The van der Waals surface area contributed by atoms with E-state index < -0.39 is 0 Å². The third-order valence-electron chi connectivity index (χ3n) is 5.19. The third-order valence-corrected chi connectivity index (χ3v) is 7.54. The quantitative estimate of drug-likeness (QED) is 0.471. The molecule has 1 aliphatic heterocycles. The summed E-state index contributed by atoms with van der Waals surface area (Å²) in [7, 11) is 0. The normalized spacial score (nSPS) is 14.1. The fourth-order valence-electron chi connectivity index (χ4n) is 3.73. The van der Waals surface area contributed by atoms with Crippen LogP contribution in [-0.4, -0.2) is 20.4 Å². The van der Waals surface area contributed by atoms with E-state index in [1.165, 1.54) is 22.7 Å². The fourth-order valence-corrected chi connectivity index (χ4v) is 5.95. The van der Waals surface area contributed by atoms with Gasteiger partial charge in [0.15, 0.2) is 5.13 Å². The number of hydrogen-bond donors (Lipinski definition) is 1. The average Bonchev–Trinajstić information content (AvgIpc) is 3.12. The molecule has 148 valence electrons. The van der Waals surface area contributed by atoms with Gasteiger partial charge in [0, 0.05) is 18.0 Å². The standard InChI is InChI=1S/C20H17ClN4O2S2/c1-10-15-18(23-14-5-3-2-4-8-25(14)19(15)27)29-16(10)17(26)24-20-22-12-7-6-11(21)9-13(12)28-20/h6-7,9H,2-5,8H2,1H3,(H,22,24,26). The number of halogens is 1. The van der Waals surface area contributed by atoms with Crippen molar-refractivity contribution in [2.45, 2.75) is 39.2 Å². The van der Waals surface area contributed by atoms with Gasteiger partial charge < -0.3 is 0 Å². The van der Waals surface area contributed by atoms with Crippen LogP contribution in [0.4, 0.5) is 5.13 Å². The third kappa shape index (κ3) is 3.25. The molecule has 0 radical (unpaired) electrons. The Kier molecular flexibility index (Phi) is 4.64. The molecule has 0 spiro atoms. The van der Waals surface area contributed by atoms with Crippen LogP contribution in [0, 0.1) is 6.92 Å². The second kappa shape index (κ2) is 7.19. The van der Waals surface area contributed by atoms with Crippen molar-refractivity contribution in [3.8, 4) is 0 Å². The van der Waals surface area contributed by atoms with Crippen LogP contribution in [0.25, 0.3) is 20.4 Å². The van der Waals surface area contributed by atoms with Crippen molar-refractivity contribution in [2.24, 2.45) is 0 Å². The molecule has 6 nitrogen and oxygen atoms in total. The number of anilines is 1. The molecular formula is C20H17ClN4O2S2. The van der Waals surface area contributed by atoms with Gasteiger partial charge in [-0.15, -0.1) is 11.3 Å². The number of aromatic nitrogens is 3. The number of thiophene rings is 1. The zero-order valence-electron chi connectivity index (χ0n) is 15.6. The first-order chi connectivity index (χ1) is 14.0. The molecule has 1 aromatic carbocycles. The number of amides is 1. The molecular weight excluding hydrogens is 428 g/mol. The maximum atomic E-state index is 13.1. The van der Waals surface area contributed by atoms with Crippen LogP contribution < -0.4 is 10.9 Å². The van der Waals surface area contributed by atoms with Crippen molar-refractivity contribution in [1.82, 2.24) is 14.5 Å². The van der Waals surface area contributed by atoms with Gasteiger partial charge in [-0.25, -0.2) is 9.97 Å². The molecule has 1 aliphatic rings. The van der Waals surface area contributed by atoms with Crippen LogP contribution in [0.5, 0.6) is 0 Å². The molecule has 0 atom stereocenters. The Labute approximate surface area is 179 Å².